The molecule has 0 fully saturated rings. The molecule has 0 aromatic heterocycles. The van der Waals surface area contributed by atoms with Gasteiger partial charge in [-0.3, -0.25) is 0 Å². The standard InChI is InChI=1S/C54H42O/c1-35-21-23-41(33-37(35)3)53(49-17-9-5-13-45(49)46-14-6-10-18-50(46)53)39-25-29-43(30-26-39)55-44-31-27-40(28-32-44)54(42-24-22-36(2)38(4)34-42)51-19-11-7-15-47(51)48-16-8-12-20-52(48)54/h5-34H,1-4H3. The molecule has 264 valence electrons. The molecule has 0 atom stereocenters. The highest BCUT2D eigenvalue weighted by molar-refractivity contribution is 5.87. The Hall–Kier alpha value is -6.44. The molecular weight excluding hydrogens is 665 g/mol. The fraction of sp³-hybridized carbons (Fsp3) is 0.111. The Morgan fingerprint density at radius 1 is 0.291 bits per heavy atom. The van der Waals surface area contributed by atoms with E-state index in [1.807, 2.05) is 0 Å². The highest BCUT2D eigenvalue weighted by Gasteiger charge is 2.47. The maximum absolute atomic E-state index is 6.64. The smallest absolute Gasteiger partial charge is 0.127 e. The first-order valence-corrected chi connectivity index (χ1v) is 19.3. The van der Waals surface area contributed by atoms with E-state index in [2.05, 4.69) is 210 Å². The first-order chi connectivity index (χ1) is 26.9. The summed E-state index contributed by atoms with van der Waals surface area (Å²) < 4.78 is 6.64. The second-order valence-corrected chi connectivity index (χ2v) is 15.4. The van der Waals surface area contributed by atoms with Crippen molar-refractivity contribution in [3.63, 3.8) is 0 Å². The number of ether oxygens (including phenoxy) is 1. The average Bonchev–Trinajstić information content (AvgIpc) is 3.70. The molecule has 0 spiro atoms. The van der Waals surface area contributed by atoms with Crippen LogP contribution in [0.2, 0.25) is 0 Å². The van der Waals surface area contributed by atoms with Gasteiger partial charge in [0.1, 0.15) is 11.5 Å². The Bertz CT molecular complexity index is 2480. The molecule has 8 aromatic rings. The summed E-state index contributed by atoms with van der Waals surface area (Å²) in [5.41, 5.74) is 19.8. The predicted molar refractivity (Wildman–Crippen MR) is 227 cm³/mol. The lowest BCUT2D eigenvalue weighted by Crippen LogP contribution is -2.28. The molecule has 1 nitrogen and oxygen atoms in total. The van der Waals surface area contributed by atoms with Crippen LogP contribution >= 0.6 is 0 Å². The fourth-order valence-electron chi connectivity index (χ4n) is 9.68. The van der Waals surface area contributed by atoms with Crippen molar-refractivity contribution < 1.29 is 4.74 Å². The van der Waals surface area contributed by atoms with Crippen LogP contribution in [0.25, 0.3) is 22.3 Å². The first kappa shape index (κ1) is 33.2. The summed E-state index contributed by atoms with van der Waals surface area (Å²) in [7, 11) is 0. The van der Waals surface area contributed by atoms with E-state index in [1.54, 1.807) is 0 Å². The van der Waals surface area contributed by atoms with Crippen molar-refractivity contribution in [3.05, 3.63) is 249 Å². The number of fused-ring (bicyclic) bond motifs is 6. The largest absolute Gasteiger partial charge is 0.457 e. The minimum atomic E-state index is -0.442. The first-order valence-electron chi connectivity index (χ1n) is 19.3. The second-order valence-electron chi connectivity index (χ2n) is 15.4. The zero-order valence-electron chi connectivity index (χ0n) is 31.7. The summed E-state index contributed by atoms with van der Waals surface area (Å²) in [5.74, 6) is 1.62. The topological polar surface area (TPSA) is 9.23 Å². The molecule has 0 saturated heterocycles. The third-order valence-corrected chi connectivity index (χ3v) is 12.6. The lowest BCUT2D eigenvalue weighted by molar-refractivity contribution is 0.481. The van der Waals surface area contributed by atoms with Gasteiger partial charge in [-0.2, -0.15) is 0 Å². The Morgan fingerprint density at radius 2 is 0.582 bits per heavy atom. The SMILES string of the molecule is Cc1ccc(C2(c3ccc(Oc4ccc(C5(c6ccc(C)c(C)c6)c6ccccc6-c6ccccc65)cc4)cc3)c3ccccc3-c3ccccc32)cc1C. The van der Waals surface area contributed by atoms with Crippen LogP contribution in [0, 0.1) is 27.7 Å². The van der Waals surface area contributed by atoms with Crippen LogP contribution in [-0.4, -0.2) is 0 Å². The van der Waals surface area contributed by atoms with Gasteiger partial charge in [0.15, 0.2) is 0 Å². The van der Waals surface area contributed by atoms with Crippen LogP contribution in [0.5, 0.6) is 11.5 Å². The monoisotopic (exact) mass is 706 g/mol. The van der Waals surface area contributed by atoms with Crippen molar-refractivity contribution in [1.29, 1.82) is 0 Å². The maximum Gasteiger partial charge on any atom is 0.127 e. The highest BCUT2D eigenvalue weighted by atomic mass is 16.5. The van der Waals surface area contributed by atoms with Gasteiger partial charge in [0.05, 0.1) is 10.8 Å². The molecule has 1 heteroatoms. The van der Waals surface area contributed by atoms with E-state index in [0.717, 1.165) is 11.5 Å². The maximum atomic E-state index is 6.64. The Balaban J connectivity index is 1.05. The Kier molecular flexibility index (Phi) is 7.58. The van der Waals surface area contributed by atoms with E-state index in [1.165, 1.54) is 89.0 Å². The summed E-state index contributed by atoms with van der Waals surface area (Å²) in [6, 6.07) is 67.2. The lowest BCUT2D eigenvalue weighted by atomic mass is 9.67. The number of rotatable bonds is 6. The van der Waals surface area contributed by atoms with E-state index in [0.29, 0.717) is 0 Å². The number of aryl methyl sites for hydroxylation is 4. The van der Waals surface area contributed by atoms with Gasteiger partial charge < -0.3 is 4.74 Å². The van der Waals surface area contributed by atoms with Crippen molar-refractivity contribution in [3.8, 4) is 33.8 Å². The van der Waals surface area contributed by atoms with Crippen LogP contribution in [-0.2, 0) is 10.8 Å². The molecule has 0 amide bonds. The second kappa shape index (κ2) is 12.6. The number of benzene rings is 8. The van der Waals surface area contributed by atoms with Crippen molar-refractivity contribution in [2.24, 2.45) is 0 Å². The molecule has 55 heavy (non-hydrogen) atoms. The number of hydrogen-bond acceptors (Lipinski definition) is 1. The summed E-state index contributed by atoms with van der Waals surface area (Å²) in [4.78, 5) is 0. The minimum Gasteiger partial charge on any atom is -0.457 e. The zero-order chi connectivity index (χ0) is 37.3. The average molecular weight is 707 g/mol. The van der Waals surface area contributed by atoms with Crippen LogP contribution < -0.4 is 4.74 Å². The third kappa shape index (κ3) is 4.79. The molecule has 10 rings (SSSR count). The fourth-order valence-corrected chi connectivity index (χ4v) is 9.68. The molecule has 0 radical (unpaired) electrons. The van der Waals surface area contributed by atoms with Gasteiger partial charge in [0.2, 0.25) is 0 Å². The molecule has 0 N–H and O–H groups in total. The summed E-state index contributed by atoms with van der Waals surface area (Å²) in [5, 5.41) is 0. The van der Waals surface area contributed by atoms with Gasteiger partial charge in [-0.15, -0.1) is 0 Å². The third-order valence-electron chi connectivity index (χ3n) is 12.6. The number of hydrogen-bond donors (Lipinski definition) is 0. The van der Waals surface area contributed by atoms with Crippen molar-refractivity contribution in [2.75, 3.05) is 0 Å². The summed E-state index contributed by atoms with van der Waals surface area (Å²) in [6.45, 7) is 8.82. The van der Waals surface area contributed by atoms with Gasteiger partial charge in [0.25, 0.3) is 0 Å². The molecule has 0 aliphatic heterocycles. The van der Waals surface area contributed by atoms with Crippen LogP contribution in [0.1, 0.15) is 66.8 Å². The van der Waals surface area contributed by atoms with Crippen LogP contribution in [0.15, 0.2) is 182 Å². The van der Waals surface area contributed by atoms with Gasteiger partial charge in [-0.1, -0.05) is 158 Å². The Labute approximate surface area is 324 Å². The van der Waals surface area contributed by atoms with Crippen LogP contribution in [0.4, 0.5) is 0 Å². The Morgan fingerprint density at radius 3 is 0.891 bits per heavy atom. The summed E-state index contributed by atoms with van der Waals surface area (Å²) in [6.07, 6.45) is 0. The molecule has 2 aliphatic rings. The van der Waals surface area contributed by atoms with E-state index in [4.69, 9.17) is 4.74 Å². The molecule has 0 saturated carbocycles. The minimum absolute atomic E-state index is 0.442. The molecule has 0 unspecified atom stereocenters. The van der Waals surface area contributed by atoms with E-state index < -0.39 is 10.8 Å². The van der Waals surface area contributed by atoms with Gasteiger partial charge in [-0.05, 0) is 141 Å². The van der Waals surface area contributed by atoms with Gasteiger partial charge >= 0.3 is 0 Å². The highest BCUT2D eigenvalue weighted by Crippen LogP contribution is 2.58. The molecule has 8 aromatic carbocycles. The molecule has 0 bridgehead atoms. The van der Waals surface area contributed by atoms with Gasteiger partial charge in [-0.25, -0.2) is 0 Å². The van der Waals surface area contributed by atoms with Gasteiger partial charge in [0, 0.05) is 0 Å². The van der Waals surface area contributed by atoms with E-state index in [9.17, 15) is 0 Å². The quantitative estimate of drug-likeness (QED) is 0.167. The van der Waals surface area contributed by atoms with E-state index in [-0.39, 0.29) is 0 Å². The normalized spacial score (nSPS) is 14.1. The van der Waals surface area contributed by atoms with Crippen molar-refractivity contribution >= 4 is 0 Å². The lowest BCUT2D eigenvalue weighted by Gasteiger charge is -2.34. The summed E-state index contributed by atoms with van der Waals surface area (Å²) >= 11 is 0. The molecule has 2 aliphatic carbocycles. The van der Waals surface area contributed by atoms with E-state index >= 15 is 0 Å². The molecule has 0 heterocycles. The van der Waals surface area contributed by atoms with Crippen molar-refractivity contribution in [2.45, 2.75) is 38.5 Å². The zero-order valence-corrected chi connectivity index (χ0v) is 31.7. The molecular formula is C54H42O. The van der Waals surface area contributed by atoms with Crippen molar-refractivity contribution in [1.82, 2.24) is 0 Å². The predicted octanol–water partition coefficient (Wildman–Crippen LogP) is 13.4. The van der Waals surface area contributed by atoms with Crippen LogP contribution in [0.3, 0.4) is 0 Å².